The van der Waals surface area contributed by atoms with Crippen LogP contribution in [0, 0.1) is 11.8 Å². The van der Waals surface area contributed by atoms with Crippen LogP contribution in [0.3, 0.4) is 0 Å². The standard InChI is InChI=1S/C28H43N3O6/c1-34-14-8-13-30(18-20-9-7-12-29-11-6-5-10-23(20)29)28(33)21-15-26(32)31(19-21)22-16-24(35-2)27(37-4)25(17-22)36-3/h16-17,20-21,23H,5-15,18-19H2,1-4H3/t20-,21-,23-/m0/s1. The molecular weight excluding hydrogens is 474 g/mol. The van der Waals surface area contributed by atoms with Crippen molar-refractivity contribution < 1.29 is 28.5 Å². The molecule has 9 nitrogen and oxygen atoms in total. The van der Waals surface area contributed by atoms with Gasteiger partial charge in [0.25, 0.3) is 0 Å². The highest BCUT2D eigenvalue weighted by atomic mass is 16.5. The van der Waals surface area contributed by atoms with Crippen molar-refractivity contribution in [3.8, 4) is 17.2 Å². The molecule has 0 bridgehead atoms. The van der Waals surface area contributed by atoms with Crippen LogP contribution in [-0.2, 0) is 14.3 Å². The third-order valence-electron chi connectivity index (χ3n) is 8.21. The van der Waals surface area contributed by atoms with E-state index in [2.05, 4.69) is 4.90 Å². The Morgan fingerprint density at radius 2 is 1.73 bits per heavy atom. The molecule has 3 atom stereocenters. The molecule has 3 aliphatic rings. The summed E-state index contributed by atoms with van der Waals surface area (Å²) in [6, 6.07) is 4.10. The maximum atomic E-state index is 13.9. The summed E-state index contributed by atoms with van der Waals surface area (Å²) in [6.07, 6.45) is 7.13. The van der Waals surface area contributed by atoms with Gasteiger partial charge in [-0.15, -0.1) is 0 Å². The highest BCUT2D eigenvalue weighted by Crippen LogP contribution is 2.42. The molecule has 3 saturated heterocycles. The van der Waals surface area contributed by atoms with Gasteiger partial charge in [-0.2, -0.15) is 0 Å². The first-order chi connectivity index (χ1) is 18.0. The zero-order valence-corrected chi connectivity index (χ0v) is 22.9. The summed E-state index contributed by atoms with van der Waals surface area (Å²) in [7, 11) is 6.34. The van der Waals surface area contributed by atoms with Crippen LogP contribution in [0.4, 0.5) is 5.69 Å². The Labute approximate surface area is 220 Å². The van der Waals surface area contributed by atoms with Gasteiger partial charge in [-0.25, -0.2) is 0 Å². The number of amides is 2. The number of hydrogen-bond donors (Lipinski definition) is 0. The molecule has 206 valence electrons. The van der Waals surface area contributed by atoms with Crippen molar-refractivity contribution in [2.24, 2.45) is 11.8 Å². The van der Waals surface area contributed by atoms with Crippen LogP contribution in [0.5, 0.6) is 17.2 Å². The first kappa shape index (κ1) is 27.5. The highest BCUT2D eigenvalue weighted by molar-refractivity contribution is 6.00. The number of hydrogen-bond acceptors (Lipinski definition) is 7. The van der Waals surface area contributed by atoms with E-state index in [0.29, 0.717) is 54.6 Å². The van der Waals surface area contributed by atoms with Gasteiger partial charge in [-0.3, -0.25) is 9.59 Å². The average Bonchev–Trinajstić information content (AvgIpc) is 3.32. The summed E-state index contributed by atoms with van der Waals surface area (Å²) in [5.41, 5.74) is 0.644. The first-order valence-electron chi connectivity index (χ1n) is 13.6. The molecule has 1 aromatic rings. The van der Waals surface area contributed by atoms with Crippen LogP contribution in [0.25, 0.3) is 0 Å². The van der Waals surface area contributed by atoms with E-state index in [-0.39, 0.29) is 24.2 Å². The SMILES string of the molecule is COCCCN(C[C@@H]1CCCN2CCCC[C@@H]12)C(=O)[C@H]1CC(=O)N(c2cc(OC)c(OC)c(OC)c2)C1. The van der Waals surface area contributed by atoms with Crippen LogP contribution in [0.15, 0.2) is 12.1 Å². The van der Waals surface area contributed by atoms with E-state index in [1.54, 1.807) is 45.5 Å². The largest absolute Gasteiger partial charge is 0.493 e. The van der Waals surface area contributed by atoms with Gasteiger partial charge in [0, 0.05) is 57.9 Å². The second-order valence-corrected chi connectivity index (χ2v) is 10.4. The van der Waals surface area contributed by atoms with Gasteiger partial charge < -0.3 is 33.6 Å². The molecule has 1 aromatic carbocycles. The van der Waals surface area contributed by atoms with Gasteiger partial charge in [-0.1, -0.05) is 6.42 Å². The minimum Gasteiger partial charge on any atom is -0.493 e. The number of carbonyl (C=O) groups excluding carboxylic acids is 2. The Morgan fingerprint density at radius 1 is 1.00 bits per heavy atom. The molecule has 0 radical (unpaired) electrons. The normalized spacial score (nSPS) is 24.1. The van der Waals surface area contributed by atoms with Gasteiger partial charge in [0.1, 0.15) is 0 Å². The monoisotopic (exact) mass is 517 g/mol. The third-order valence-corrected chi connectivity index (χ3v) is 8.21. The molecule has 3 fully saturated rings. The summed E-state index contributed by atoms with van der Waals surface area (Å²) in [4.78, 5) is 33.3. The van der Waals surface area contributed by atoms with Crippen molar-refractivity contribution in [3.05, 3.63) is 12.1 Å². The lowest BCUT2D eigenvalue weighted by atomic mass is 9.83. The number of fused-ring (bicyclic) bond motifs is 1. The number of methoxy groups -OCH3 is 4. The van der Waals surface area contributed by atoms with Gasteiger partial charge in [0.2, 0.25) is 17.6 Å². The van der Waals surface area contributed by atoms with Crippen molar-refractivity contribution in [2.75, 3.05) is 72.7 Å². The molecular formula is C28H43N3O6. The van der Waals surface area contributed by atoms with Gasteiger partial charge in [0.05, 0.1) is 32.9 Å². The molecule has 0 spiro atoms. The zero-order valence-electron chi connectivity index (χ0n) is 22.9. The minimum atomic E-state index is -0.375. The lowest BCUT2D eigenvalue weighted by Gasteiger charge is -2.46. The minimum absolute atomic E-state index is 0.0689. The van der Waals surface area contributed by atoms with E-state index in [0.717, 1.165) is 19.4 Å². The molecule has 37 heavy (non-hydrogen) atoms. The maximum absolute atomic E-state index is 13.9. The Hall–Kier alpha value is -2.52. The molecule has 2 amide bonds. The number of piperidine rings is 2. The second kappa shape index (κ2) is 12.8. The fraction of sp³-hybridized carbons (Fsp3) is 0.714. The van der Waals surface area contributed by atoms with Crippen LogP contribution < -0.4 is 19.1 Å². The number of benzene rings is 1. The highest BCUT2D eigenvalue weighted by Gasteiger charge is 2.40. The van der Waals surface area contributed by atoms with Gasteiger partial charge >= 0.3 is 0 Å². The summed E-state index contributed by atoms with van der Waals surface area (Å²) < 4.78 is 21.7. The summed E-state index contributed by atoms with van der Waals surface area (Å²) in [5, 5.41) is 0. The number of rotatable bonds is 11. The van der Waals surface area contributed by atoms with E-state index in [1.165, 1.54) is 38.8 Å². The van der Waals surface area contributed by atoms with Crippen molar-refractivity contribution >= 4 is 17.5 Å². The Balaban J connectivity index is 1.50. The molecule has 3 aliphatic heterocycles. The molecule has 0 unspecified atom stereocenters. The number of nitrogens with zero attached hydrogens (tertiary/aromatic N) is 3. The Bertz CT molecular complexity index is 913. The molecule has 0 N–H and O–H groups in total. The summed E-state index contributed by atoms with van der Waals surface area (Å²) in [5.74, 6) is 1.56. The van der Waals surface area contributed by atoms with E-state index in [1.807, 2.05) is 4.90 Å². The first-order valence-corrected chi connectivity index (χ1v) is 13.6. The summed E-state index contributed by atoms with van der Waals surface area (Å²) in [6.45, 7) is 4.74. The molecule has 0 aliphatic carbocycles. The molecule has 4 rings (SSSR count). The zero-order chi connectivity index (χ0) is 26.4. The summed E-state index contributed by atoms with van der Waals surface area (Å²) >= 11 is 0. The van der Waals surface area contributed by atoms with Gasteiger partial charge in [0.15, 0.2) is 11.5 Å². The quantitative estimate of drug-likeness (QED) is 0.417. The topological polar surface area (TPSA) is 80.8 Å². The van der Waals surface area contributed by atoms with Crippen molar-refractivity contribution in [1.82, 2.24) is 9.80 Å². The predicted molar refractivity (Wildman–Crippen MR) is 142 cm³/mol. The Morgan fingerprint density at radius 3 is 2.41 bits per heavy atom. The van der Waals surface area contributed by atoms with Crippen molar-refractivity contribution in [1.29, 1.82) is 0 Å². The van der Waals surface area contributed by atoms with Crippen LogP contribution >= 0.6 is 0 Å². The van der Waals surface area contributed by atoms with Crippen LogP contribution in [-0.4, -0.2) is 95.4 Å². The fourth-order valence-electron chi connectivity index (χ4n) is 6.37. The predicted octanol–water partition coefficient (Wildman–Crippen LogP) is 3.19. The van der Waals surface area contributed by atoms with Crippen molar-refractivity contribution in [2.45, 2.75) is 51.0 Å². The Kier molecular flexibility index (Phi) is 9.54. The lowest BCUT2D eigenvalue weighted by molar-refractivity contribution is -0.137. The third kappa shape index (κ3) is 6.14. The molecule has 9 heteroatoms. The van der Waals surface area contributed by atoms with Crippen LogP contribution in [0.1, 0.15) is 44.9 Å². The van der Waals surface area contributed by atoms with Gasteiger partial charge in [-0.05, 0) is 51.1 Å². The molecule has 0 saturated carbocycles. The fourth-order valence-corrected chi connectivity index (χ4v) is 6.37. The maximum Gasteiger partial charge on any atom is 0.228 e. The van der Waals surface area contributed by atoms with E-state index in [9.17, 15) is 9.59 Å². The number of anilines is 1. The average molecular weight is 518 g/mol. The lowest BCUT2D eigenvalue weighted by Crippen LogP contribution is -2.52. The smallest absolute Gasteiger partial charge is 0.228 e. The molecule has 0 aromatic heterocycles. The van der Waals surface area contributed by atoms with E-state index >= 15 is 0 Å². The van der Waals surface area contributed by atoms with E-state index < -0.39 is 0 Å². The van der Waals surface area contributed by atoms with Crippen molar-refractivity contribution in [3.63, 3.8) is 0 Å². The number of ether oxygens (including phenoxy) is 4. The second-order valence-electron chi connectivity index (χ2n) is 10.4. The van der Waals surface area contributed by atoms with E-state index in [4.69, 9.17) is 18.9 Å². The number of carbonyl (C=O) groups is 2. The van der Waals surface area contributed by atoms with Crippen LogP contribution in [0.2, 0.25) is 0 Å². The molecule has 3 heterocycles.